The lowest BCUT2D eigenvalue weighted by Crippen LogP contribution is -2.28. The summed E-state index contributed by atoms with van der Waals surface area (Å²) < 4.78 is 13.1. The van der Waals surface area contributed by atoms with E-state index in [-0.39, 0.29) is 17.6 Å². The number of anilines is 2. The standard InChI is InChI=1S/C19H19FN2O2/c1-13(23)22(2)17-9-7-16(8-10-17)21-18(24)19(11-12-19)14-3-5-15(20)6-4-14/h3-10H,11-12H2,1-2H3,(H,21,24). The lowest BCUT2D eigenvalue weighted by molar-refractivity contribution is -0.118. The molecule has 1 aliphatic rings. The minimum absolute atomic E-state index is 0.0555. The van der Waals surface area contributed by atoms with Gasteiger partial charge in [0.15, 0.2) is 0 Å². The average Bonchev–Trinajstić information content (AvgIpc) is 3.37. The molecule has 0 saturated heterocycles. The van der Waals surface area contributed by atoms with Gasteiger partial charge in [0.25, 0.3) is 0 Å². The van der Waals surface area contributed by atoms with Gasteiger partial charge in [0.1, 0.15) is 5.82 Å². The number of amides is 2. The Balaban J connectivity index is 1.73. The monoisotopic (exact) mass is 326 g/mol. The van der Waals surface area contributed by atoms with Gasteiger partial charge < -0.3 is 10.2 Å². The molecule has 1 saturated carbocycles. The Labute approximate surface area is 140 Å². The van der Waals surface area contributed by atoms with Gasteiger partial charge in [-0.05, 0) is 54.8 Å². The van der Waals surface area contributed by atoms with Crippen LogP contribution in [0.3, 0.4) is 0 Å². The van der Waals surface area contributed by atoms with E-state index in [1.54, 1.807) is 43.4 Å². The quantitative estimate of drug-likeness (QED) is 0.935. The maximum absolute atomic E-state index is 13.1. The van der Waals surface area contributed by atoms with Crippen LogP contribution in [0.15, 0.2) is 48.5 Å². The van der Waals surface area contributed by atoms with Gasteiger partial charge >= 0.3 is 0 Å². The van der Waals surface area contributed by atoms with Crippen molar-refractivity contribution in [3.05, 3.63) is 59.9 Å². The molecular weight excluding hydrogens is 307 g/mol. The zero-order valence-corrected chi connectivity index (χ0v) is 13.7. The van der Waals surface area contributed by atoms with Crippen LogP contribution in [0, 0.1) is 5.82 Å². The van der Waals surface area contributed by atoms with Crippen molar-refractivity contribution in [1.29, 1.82) is 0 Å². The van der Waals surface area contributed by atoms with Crippen molar-refractivity contribution in [3.63, 3.8) is 0 Å². The van der Waals surface area contributed by atoms with E-state index in [1.807, 2.05) is 0 Å². The number of rotatable bonds is 4. The van der Waals surface area contributed by atoms with E-state index < -0.39 is 5.41 Å². The third-order valence-corrected chi connectivity index (χ3v) is 4.57. The number of halogens is 1. The third kappa shape index (κ3) is 3.02. The van der Waals surface area contributed by atoms with Crippen LogP contribution in [-0.4, -0.2) is 18.9 Å². The normalized spacial score (nSPS) is 14.8. The molecule has 0 aromatic heterocycles. The van der Waals surface area contributed by atoms with Gasteiger partial charge in [-0.15, -0.1) is 0 Å². The summed E-state index contributed by atoms with van der Waals surface area (Å²) in [4.78, 5) is 25.5. The number of carbonyl (C=O) groups is 2. The summed E-state index contributed by atoms with van der Waals surface area (Å²) in [5.41, 5.74) is 1.73. The molecule has 0 heterocycles. The lowest BCUT2D eigenvalue weighted by Gasteiger charge is -2.18. The molecule has 1 fully saturated rings. The molecule has 24 heavy (non-hydrogen) atoms. The molecule has 0 bridgehead atoms. The molecule has 0 spiro atoms. The molecule has 0 radical (unpaired) electrons. The Bertz CT molecular complexity index is 765. The topological polar surface area (TPSA) is 49.4 Å². The highest BCUT2D eigenvalue weighted by molar-refractivity contribution is 6.01. The number of nitrogens with zero attached hydrogens (tertiary/aromatic N) is 1. The van der Waals surface area contributed by atoms with E-state index in [0.29, 0.717) is 5.69 Å². The number of nitrogens with one attached hydrogen (secondary N) is 1. The van der Waals surface area contributed by atoms with Crippen molar-refractivity contribution in [2.45, 2.75) is 25.2 Å². The van der Waals surface area contributed by atoms with Crippen LogP contribution in [0.2, 0.25) is 0 Å². The molecule has 0 aliphatic heterocycles. The van der Waals surface area contributed by atoms with Crippen LogP contribution >= 0.6 is 0 Å². The summed E-state index contributed by atoms with van der Waals surface area (Å²) in [5, 5.41) is 2.92. The van der Waals surface area contributed by atoms with E-state index in [9.17, 15) is 14.0 Å². The van der Waals surface area contributed by atoms with Crippen molar-refractivity contribution >= 4 is 23.2 Å². The van der Waals surface area contributed by atoms with E-state index in [0.717, 1.165) is 24.1 Å². The van der Waals surface area contributed by atoms with Crippen molar-refractivity contribution < 1.29 is 14.0 Å². The second kappa shape index (κ2) is 6.07. The van der Waals surface area contributed by atoms with Crippen LogP contribution in [0.1, 0.15) is 25.3 Å². The van der Waals surface area contributed by atoms with Gasteiger partial charge in [-0.25, -0.2) is 4.39 Å². The molecule has 0 atom stereocenters. The number of hydrogen-bond acceptors (Lipinski definition) is 2. The number of benzene rings is 2. The molecule has 124 valence electrons. The first-order chi connectivity index (χ1) is 11.4. The number of hydrogen-bond donors (Lipinski definition) is 1. The zero-order chi connectivity index (χ0) is 17.3. The molecule has 0 unspecified atom stereocenters. The van der Waals surface area contributed by atoms with Crippen LogP contribution in [0.25, 0.3) is 0 Å². The van der Waals surface area contributed by atoms with Crippen molar-refractivity contribution in [1.82, 2.24) is 0 Å². The fourth-order valence-corrected chi connectivity index (χ4v) is 2.74. The minimum Gasteiger partial charge on any atom is -0.325 e. The van der Waals surface area contributed by atoms with Gasteiger partial charge in [0.2, 0.25) is 11.8 Å². The van der Waals surface area contributed by atoms with E-state index in [1.165, 1.54) is 24.0 Å². The van der Waals surface area contributed by atoms with Gasteiger partial charge in [-0.3, -0.25) is 9.59 Å². The fraction of sp³-hybridized carbons (Fsp3) is 0.263. The molecule has 2 amide bonds. The zero-order valence-electron chi connectivity index (χ0n) is 13.7. The molecule has 4 nitrogen and oxygen atoms in total. The first-order valence-corrected chi connectivity index (χ1v) is 7.84. The second-order valence-corrected chi connectivity index (χ2v) is 6.17. The Morgan fingerprint density at radius 3 is 2.12 bits per heavy atom. The summed E-state index contributed by atoms with van der Waals surface area (Å²) in [6, 6.07) is 13.2. The number of carbonyl (C=O) groups excluding carboxylic acids is 2. The lowest BCUT2D eigenvalue weighted by atomic mass is 9.95. The summed E-state index contributed by atoms with van der Waals surface area (Å²) in [7, 11) is 1.70. The smallest absolute Gasteiger partial charge is 0.235 e. The van der Waals surface area contributed by atoms with Gasteiger partial charge in [-0.1, -0.05) is 12.1 Å². The van der Waals surface area contributed by atoms with Crippen molar-refractivity contribution in [2.24, 2.45) is 0 Å². The minimum atomic E-state index is -0.553. The summed E-state index contributed by atoms with van der Waals surface area (Å²) in [6.45, 7) is 1.50. The van der Waals surface area contributed by atoms with Crippen LogP contribution in [-0.2, 0) is 15.0 Å². The highest BCUT2D eigenvalue weighted by Gasteiger charge is 2.51. The van der Waals surface area contributed by atoms with Gasteiger partial charge in [0, 0.05) is 25.3 Å². The van der Waals surface area contributed by atoms with Crippen LogP contribution in [0.4, 0.5) is 15.8 Å². The molecule has 3 rings (SSSR count). The van der Waals surface area contributed by atoms with Crippen molar-refractivity contribution in [2.75, 3.05) is 17.3 Å². The largest absolute Gasteiger partial charge is 0.325 e. The second-order valence-electron chi connectivity index (χ2n) is 6.17. The average molecular weight is 326 g/mol. The van der Waals surface area contributed by atoms with E-state index in [2.05, 4.69) is 5.32 Å². The Morgan fingerprint density at radius 2 is 1.62 bits per heavy atom. The highest BCUT2D eigenvalue weighted by atomic mass is 19.1. The highest BCUT2D eigenvalue weighted by Crippen LogP contribution is 2.49. The maximum atomic E-state index is 13.1. The Morgan fingerprint density at radius 1 is 1.04 bits per heavy atom. The first-order valence-electron chi connectivity index (χ1n) is 7.84. The molecule has 2 aromatic rings. The van der Waals surface area contributed by atoms with Gasteiger partial charge in [-0.2, -0.15) is 0 Å². The summed E-state index contributed by atoms with van der Waals surface area (Å²) >= 11 is 0. The van der Waals surface area contributed by atoms with Crippen LogP contribution < -0.4 is 10.2 Å². The third-order valence-electron chi connectivity index (χ3n) is 4.57. The maximum Gasteiger partial charge on any atom is 0.235 e. The molecule has 2 aromatic carbocycles. The van der Waals surface area contributed by atoms with Gasteiger partial charge in [0.05, 0.1) is 5.41 Å². The summed E-state index contributed by atoms with van der Waals surface area (Å²) in [5.74, 6) is -0.443. The Kier molecular flexibility index (Phi) is 4.09. The predicted molar refractivity (Wildman–Crippen MR) is 91.5 cm³/mol. The van der Waals surface area contributed by atoms with E-state index in [4.69, 9.17) is 0 Å². The summed E-state index contributed by atoms with van der Waals surface area (Å²) in [6.07, 6.45) is 1.52. The molecule has 1 N–H and O–H groups in total. The predicted octanol–water partition coefficient (Wildman–Crippen LogP) is 3.48. The van der Waals surface area contributed by atoms with Crippen LogP contribution in [0.5, 0.6) is 0 Å². The van der Waals surface area contributed by atoms with Crippen molar-refractivity contribution in [3.8, 4) is 0 Å². The Hall–Kier alpha value is -2.69. The SMILES string of the molecule is CC(=O)N(C)c1ccc(NC(=O)C2(c3ccc(F)cc3)CC2)cc1. The molecule has 5 heteroatoms. The molecule has 1 aliphatic carbocycles. The molecular formula is C19H19FN2O2. The fourth-order valence-electron chi connectivity index (χ4n) is 2.74. The van der Waals surface area contributed by atoms with E-state index >= 15 is 0 Å². The first kappa shape index (κ1) is 16.2.